The molecule has 0 fully saturated rings. The predicted octanol–water partition coefficient (Wildman–Crippen LogP) is 2.30. The van der Waals surface area contributed by atoms with Crippen molar-refractivity contribution in [2.24, 2.45) is 0 Å². The second-order valence-corrected chi connectivity index (χ2v) is 4.06. The summed E-state index contributed by atoms with van der Waals surface area (Å²) in [5.41, 5.74) is 0. The summed E-state index contributed by atoms with van der Waals surface area (Å²) in [4.78, 5) is 0. The molecule has 0 aromatic carbocycles. The van der Waals surface area contributed by atoms with Crippen molar-refractivity contribution in [1.82, 2.24) is 0 Å². The van der Waals surface area contributed by atoms with Crippen molar-refractivity contribution in [3.63, 3.8) is 0 Å². The van der Waals surface area contributed by atoms with E-state index in [1.165, 1.54) is 31.8 Å². The maximum Gasteiger partial charge on any atom is 0.207 e. The van der Waals surface area contributed by atoms with Crippen LogP contribution in [0.5, 0.6) is 0 Å². The Morgan fingerprint density at radius 1 is 0.941 bits per heavy atom. The van der Waals surface area contributed by atoms with Crippen LogP contribution >= 0.6 is 0 Å². The average Bonchev–Trinajstić information content (AvgIpc) is 2.31. The molecule has 0 aliphatic rings. The SMILES string of the molecule is CCCCCCC=CC=CC=CC(O)(O)CO. The van der Waals surface area contributed by atoms with Gasteiger partial charge in [-0.1, -0.05) is 56.6 Å². The largest absolute Gasteiger partial charge is 0.390 e. The van der Waals surface area contributed by atoms with Gasteiger partial charge in [-0.15, -0.1) is 0 Å². The van der Waals surface area contributed by atoms with E-state index in [1.54, 1.807) is 6.08 Å². The van der Waals surface area contributed by atoms with E-state index in [0.717, 1.165) is 12.5 Å². The highest BCUT2D eigenvalue weighted by molar-refractivity contribution is 5.13. The van der Waals surface area contributed by atoms with Crippen LogP contribution < -0.4 is 0 Å². The van der Waals surface area contributed by atoms with Crippen LogP contribution in [-0.4, -0.2) is 27.7 Å². The lowest BCUT2D eigenvalue weighted by Gasteiger charge is -2.11. The van der Waals surface area contributed by atoms with Crippen molar-refractivity contribution in [1.29, 1.82) is 0 Å². The van der Waals surface area contributed by atoms with E-state index in [-0.39, 0.29) is 0 Å². The molecule has 0 aliphatic heterocycles. The molecule has 0 atom stereocenters. The zero-order valence-electron chi connectivity index (χ0n) is 10.5. The van der Waals surface area contributed by atoms with Gasteiger partial charge in [-0.05, 0) is 18.9 Å². The average molecular weight is 240 g/mol. The Balaban J connectivity index is 3.63. The summed E-state index contributed by atoms with van der Waals surface area (Å²) in [6.45, 7) is 1.49. The van der Waals surface area contributed by atoms with E-state index in [1.807, 2.05) is 12.2 Å². The lowest BCUT2D eigenvalue weighted by Crippen LogP contribution is -2.29. The predicted molar refractivity (Wildman–Crippen MR) is 70.4 cm³/mol. The van der Waals surface area contributed by atoms with Gasteiger partial charge in [-0.3, -0.25) is 0 Å². The highest BCUT2D eigenvalue weighted by atomic mass is 16.5. The van der Waals surface area contributed by atoms with Gasteiger partial charge >= 0.3 is 0 Å². The fourth-order valence-electron chi connectivity index (χ4n) is 1.25. The molecule has 3 nitrogen and oxygen atoms in total. The monoisotopic (exact) mass is 240 g/mol. The van der Waals surface area contributed by atoms with Crippen molar-refractivity contribution in [3.05, 3.63) is 36.5 Å². The van der Waals surface area contributed by atoms with Crippen LogP contribution in [-0.2, 0) is 0 Å². The molecule has 3 heteroatoms. The molecule has 0 radical (unpaired) electrons. The normalized spacial score (nSPS) is 13.4. The van der Waals surface area contributed by atoms with Crippen LogP contribution in [0.4, 0.5) is 0 Å². The van der Waals surface area contributed by atoms with Gasteiger partial charge in [0.05, 0.1) is 0 Å². The van der Waals surface area contributed by atoms with Crippen LogP contribution in [0.2, 0.25) is 0 Å². The lowest BCUT2D eigenvalue weighted by atomic mass is 10.1. The van der Waals surface area contributed by atoms with Gasteiger partial charge in [-0.25, -0.2) is 0 Å². The van der Waals surface area contributed by atoms with Gasteiger partial charge in [0, 0.05) is 0 Å². The summed E-state index contributed by atoms with van der Waals surface area (Å²) < 4.78 is 0. The minimum Gasteiger partial charge on any atom is -0.390 e. The quantitative estimate of drug-likeness (QED) is 0.329. The maximum absolute atomic E-state index is 9.01. The number of aliphatic hydroxyl groups excluding tert-OH is 1. The molecule has 0 aromatic rings. The smallest absolute Gasteiger partial charge is 0.207 e. The second-order valence-electron chi connectivity index (χ2n) is 4.06. The zero-order valence-corrected chi connectivity index (χ0v) is 10.5. The fourth-order valence-corrected chi connectivity index (χ4v) is 1.25. The Bertz CT molecular complexity index is 252. The molecule has 0 rings (SSSR count). The Morgan fingerprint density at radius 2 is 1.65 bits per heavy atom. The van der Waals surface area contributed by atoms with E-state index >= 15 is 0 Å². The third-order valence-electron chi connectivity index (χ3n) is 2.29. The molecule has 0 bridgehead atoms. The Hall–Kier alpha value is -0.900. The first kappa shape index (κ1) is 16.1. The minimum absolute atomic E-state index is 0.704. The summed E-state index contributed by atoms with van der Waals surface area (Å²) in [7, 11) is 0. The summed E-state index contributed by atoms with van der Waals surface area (Å²) in [5.74, 6) is -2.12. The zero-order chi connectivity index (χ0) is 13.0. The molecular weight excluding hydrogens is 216 g/mol. The van der Waals surface area contributed by atoms with Crippen LogP contribution in [0.3, 0.4) is 0 Å². The molecule has 0 aliphatic carbocycles. The molecule has 0 spiro atoms. The number of hydrogen-bond donors (Lipinski definition) is 3. The van der Waals surface area contributed by atoms with Crippen molar-refractivity contribution < 1.29 is 15.3 Å². The molecule has 3 N–H and O–H groups in total. The second kappa shape index (κ2) is 10.3. The summed E-state index contributed by atoms with van der Waals surface area (Å²) in [6, 6.07) is 0. The van der Waals surface area contributed by atoms with Crippen molar-refractivity contribution >= 4 is 0 Å². The Labute approximate surface area is 104 Å². The van der Waals surface area contributed by atoms with Crippen LogP contribution in [0.1, 0.15) is 39.0 Å². The molecular formula is C14H24O3. The molecule has 0 amide bonds. The topological polar surface area (TPSA) is 60.7 Å². The first-order valence-electron chi connectivity index (χ1n) is 6.19. The highest BCUT2D eigenvalue weighted by Crippen LogP contribution is 2.03. The van der Waals surface area contributed by atoms with Crippen molar-refractivity contribution in [2.45, 2.75) is 44.8 Å². The Kier molecular flexibility index (Phi) is 9.72. The van der Waals surface area contributed by atoms with E-state index < -0.39 is 12.4 Å². The Morgan fingerprint density at radius 3 is 2.29 bits per heavy atom. The number of allylic oxidation sites excluding steroid dienone is 5. The molecule has 0 heterocycles. The van der Waals surface area contributed by atoms with Crippen molar-refractivity contribution in [3.8, 4) is 0 Å². The lowest BCUT2D eigenvalue weighted by molar-refractivity contribution is -0.146. The molecule has 0 aromatic heterocycles. The third kappa shape index (κ3) is 11.4. The summed E-state index contributed by atoms with van der Waals surface area (Å²) in [6.07, 6.45) is 16.3. The van der Waals surface area contributed by atoms with Crippen LogP contribution in [0, 0.1) is 0 Å². The first-order valence-corrected chi connectivity index (χ1v) is 6.19. The van der Waals surface area contributed by atoms with Crippen molar-refractivity contribution in [2.75, 3.05) is 6.61 Å². The van der Waals surface area contributed by atoms with Gasteiger partial charge in [0.2, 0.25) is 5.79 Å². The van der Waals surface area contributed by atoms with E-state index in [4.69, 9.17) is 15.3 Å². The fraction of sp³-hybridized carbons (Fsp3) is 0.571. The minimum atomic E-state index is -2.12. The molecule has 98 valence electrons. The molecule has 0 saturated carbocycles. The first-order chi connectivity index (χ1) is 8.12. The number of aliphatic hydroxyl groups is 3. The van der Waals surface area contributed by atoms with Gasteiger partial charge in [0.1, 0.15) is 6.61 Å². The van der Waals surface area contributed by atoms with Gasteiger partial charge in [0.15, 0.2) is 0 Å². The maximum atomic E-state index is 9.01. The van der Waals surface area contributed by atoms with E-state index in [0.29, 0.717) is 0 Å². The standard InChI is InChI=1S/C14H24O3/c1-2-3-4-5-6-7-8-9-10-11-12-14(16,17)13-15/h7-12,15-17H,2-6,13H2,1H3. The van der Waals surface area contributed by atoms with E-state index in [2.05, 4.69) is 13.0 Å². The number of rotatable bonds is 9. The van der Waals surface area contributed by atoms with Gasteiger partial charge in [0.25, 0.3) is 0 Å². The van der Waals surface area contributed by atoms with Gasteiger partial charge < -0.3 is 15.3 Å². The molecule has 0 unspecified atom stereocenters. The number of hydrogen-bond acceptors (Lipinski definition) is 3. The highest BCUT2D eigenvalue weighted by Gasteiger charge is 2.15. The summed E-state index contributed by atoms with van der Waals surface area (Å²) >= 11 is 0. The molecule has 17 heavy (non-hydrogen) atoms. The van der Waals surface area contributed by atoms with Gasteiger partial charge in [-0.2, -0.15) is 0 Å². The third-order valence-corrected chi connectivity index (χ3v) is 2.29. The molecule has 0 saturated heterocycles. The van der Waals surface area contributed by atoms with E-state index in [9.17, 15) is 0 Å². The number of unbranched alkanes of at least 4 members (excludes halogenated alkanes) is 4. The van der Waals surface area contributed by atoms with Crippen LogP contribution in [0.15, 0.2) is 36.5 Å². The summed E-state index contributed by atoms with van der Waals surface area (Å²) in [5, 5.41) is 26.6. The van der Waals surface area contributed by atoms with Crippen LogP contribution in [0.25, 0.3) is 0 Å².